The van der Waals surface area contributed by atoms with Gasteiger partial charge >= 0.3 is 6.18 Å². The zero-order valence-electron chi connectivity index (χ0n) is 15.0. The van der Waals surface area contributed by atoms with E-state index < -0.39 is 11.7 Å². The molecule has 5 nitrogen and oxygen atoms in total. The molecule has 1 aromatic heterocycles. The van der Waals surface area contributed by atoms with Crippen LogP contribution < -0.4 is 0 Å². The lowest BCUT2D eigenvalue weighted by Gasteiger charge is -2.22. The van der Waals surface area contributed by atoms with Gasteiger partial charge in [-0.05, 0) is 36.2 Å². The van der Waals surface area contributed by atoms with Crippen LogP contribution in [0.1, 0.15) is 35.9 Å². The number of benzene rings is 2. The lowest BCUT2D eigenvalue weighted by atomic mass is 10.1. The lowest BCUT2D eigenvalue weighted by molar-refractivity contribution is -0.137. The highest BCUT2D eigenvalue weighted by Gasteiger charge is 2.36. The van der Waals surface area contributed by atoms with Gasteiger partial charge in [-0.25, -0.2) is 0 Å². The molecule has 0 radical (unpaired) electrons. The second-order valence-electron chi connectivity index (χ2n) is 6.73. The molecule has 1 fully saturated rings. The zero-order chi connectivity index (χ0) is 20.6. The highest BCUT2D eigenvalue weighted by atomic mass is 79.9. The standard InChI is InChI=1S/C20H15BrF3N3O2/c21-15-7-1-12(2-8-15)11-27-16(9-10-17(27)28)19-25-18(26-29-19)13-3-5-14(6-4-13)20(22,23)24/h1-8,16H,9-11H2. The van der Waals surface area contributed by atoms with Crippen molar-refractivity contribution in [2.24, 2.45) is 0 Å². The van der Waals surface area contributed by atoms with E-state index in [0.717, 1.165) is 22.2 Å². The van der Waals surface area contributed by atoms with Crippen LogP contribution >= 0.6 is 15.9 Å². The maximum absolute atomic E-state index is 12.7. The highest BCUT2D eigenvalue weighted by molar-refractivity contribution is 9.10. The van der Waals surface area contributed by atoms with Crippen LogP contribution in [0, 0.1) is 0 Å². The molecule has 1 aliphatic rings. The molecular formula is C20H15BrF3N3O2. The molecule has 29 heavy (non-hydrogen) atoms. The van der Waals surface area contributed by atoms with Gasteiger partial charge in [-0.15, -0.1) is 0 Å². The summed E-state index contributed by atoms with van der Waals surface area (Å²) in [5.74, 6) is 0.465. The van der Waals surface area contributed by atoms with E-state index in [1.54, 1.807) is 4.90 Å². The fourth-order valence-corrected chi connectivity index (χ4v) is 3.54. The monoisotopic (exact) mass is 465 g/mol. The maximum atomic E-state index is 12.7. The second kappa shape index (κ2) is 7.62. The molecule has 0 N–H and O–H groups in total. The minimum atomic E-state index is -4.40. The van der Waals surface area contributed by atoms with E-state index in [-0.39, 0.29) is 23.7 Å². The van der Waals surface area contributed by atoms with Crippen molar-refractivity contribution in [1.29, 1.82) is 0 Å². The molecule has 1 amide bonds. The molecule has 1 unspecified atom stereocenters. The van der Waals surface area contributed by atoms with Crippen molar-refractivity contribution in [1.82, 2.24) is 15.0 Å². The summed E-state index contributed by atoms with van der Waals surface area (Å²) in [6, 6.07) is 11.9. The molecule has 0 saturated carbocycles. The first-order chi connectivity index (χ1) is 13.8. The summed E-state index contributed by atoms with van der Waals surface area (Å²) in [6.45, 7) is 0.411. The minimum Gasteiger partial charge on any atom is -0.337 e. The van der Waals surface area contributed by atoms with E-state index in [0.29, 0.717) is 24.9 Å². The molecule has 150 valence electrons. The van der Waals surface area contributed by atoms with Gasteiger partial charge in [-0.1, -0.05) is 45.4 Å². The van der Waals surface area contributed by atoms with Gasteiger partial charge in [-0.3, -0.25) is 4.79 Å². The Morgan fingerprint density at radius 1 is 1.10 bits per heavy atom. The SMILES string of the molecule is O=C1CCC(c2nc(-c3ccc(C(F)(F)F)cc3)no2)N1Cc1ccc(Br)cc1. The van der Waals surface area contributed by atoms with Gasteiger partial charge in [0.05, 0.1) is 5.56 Å². The number of carbonyl (C=O) groups is 1. The predicted molar refractivity (Wildman–Crippen MR) is 101 cm³/mol. The Labute approximate surface area is 172 Å². The summed E-state index contributed by atoms with van der Waals surface area (Å²) in [4.78, 5) is 18.4. The number of alkyl halides is 3. The Balaban J connectivity index is 1.54. The number of amides is 1. The van der Waals surface area contributed by atoms with Crippen LogP contribution in [0.2, 0.25) is 0 Å². The van der Waals surface area contributed by atoms with Crippen molar-refractivity contribution in [3.63, 3.8) is 0 Å². The molecule has 3 aromatic rings. The summed E-state index contributed by atoms with van der Waals surface area (Å²) < 4.78 is 44.5. The van der Waals surface area contributed by atoms with Gasteiger partial charge in [0.25, 0.3) is 0 Å². The van der Waals surface area contributed by atoms with Crippen LogP contribution in [0.25, 0.3) is 11.4 Å². The van der Waals surface area contributed by atoms with Crippen molar-refractivity contribution in [2.45, 2.75) is 31.6 Å². The topological polar surface area (TPSA) is 59.2 Å². The molecule has 0 bridgehead atoms. The molecule has 0 aliphatic carbocycles. The summed E-state index contributed by atoms with van der Waals surface area (Å²) in [5, 5.41) is 3.89. The number of aromatic nitrogens is 2. The van der Waals surface area contributed by atoms with E-state index >= 15 is 0 Å². The van der Waals surface area contributed by atoms with Crippen molar-refractivity contribution in [3.8, 4) is 11.4 Å². The van der Waals surface area contributed by atoms with Gasteiger partial charge in [0.2, 0.25) is 17.6 Å². The number of likely N-dealkylation sites (tertiary alicyclic amines) is 1. The summed E-state index contributed by atoms with van der Waals surface area (Å²) in [7, 11) is 0. The van der Waals surface area contributed by atoms with Crippen LogP contribution in [0.15, 0.2) is 57.5 Å². The number of rotatable bonds is 4. The van der Waals surface area contributed by atoms with Gasteiger partial charge in [0.15, 0.2) is 0 Å². The third-order valence-electron chi connectivity index (χ3n) is 4.79. The third kappa shape index (κ3) is 4.19. The first kappa shape index (κ1) is 19.6. The largest absolute Gasteiger partial charge is 0.416 e. The minimum absolute atomic E-state index is 0.00722. The predicted octanol–water partition coefficient (Wildman–Crippen LogP) is 5.38. The number of hydrogen-bond donors (Lipinski definition) is 0. The number of carbonyl (C=O) groups excluding carboxylic acids is 1. The molecule has 9 heteroatoms. The van der Waals surface area contributed by atoms with E-state index in [1.165, 1.54) is 12.1 Å². The van der Waals surface area contributed by atoms with Crippen molar-refractivity contribution in [2.75, 3.05) is 0 Å². The van der Waals surface area contributed by atoms with Crippen molar-refractivity contribution < 1.29 is 22.5 Å². The summed E-state index contributed by atoms with van der Waals surface area (Å²) >= 11 is 3.38. The first-order valence-electron chi connectivity index (χ1n) is 8.86. The van der Waals surface area contributed by atoms with Gasteiger partial charge in [0, 0.05) is 23.0 Å². The Morgan fingerprint density at radius 3 is 2.45 bits per heavy atom. The smallest absolute Gasteiger partial charge is 0.337 e. The van der Waals surface area contributed by atoms with E-state index in [1.807, 2.05) is 24.3 Å². The van der Waals surface area contributed by atoms with Gasteiger partial charge < -0.3 is 9.42 Å². The van der Waals surface area contributed by atoms with E-state index in [4.69, 9.17) is 4.52 Å². The maximum Gasteiger partial charge on any atom is 0.416 e. The van der Waals surface area contributed by atoms with Gasteiger partial charge in [0.1, 0.15) is 6.04 Å². The Kier molecular flexibility index (Phi) is 5.16. The molecule has 1 saturated heterocycles. The Hall–Kier alpha value is -2.68. The lowest BCUT2D eigenvalue weighted by Crippen LogP contribution is -2.27. The fraction of sp³-hybridized carbons (Fsp3) is 0.250. The van der Waals surface area contributed by atoms with Crippen molar-refractivity contribution in [3.05, 3.63) is 70.0 Å². The van der Waals surface area contributed by atoms with E-state index in [9.17, 15) is 18.0 Å². The Bertz CT molecular complexity index is 1020. The van der Waals surface area contributed by atoms with Crippen LogP contribution in [0.3, 0.4) is 0 Å². The molecule has 4 rings (SSSR count). The van der Waals surface area contributed by atoms with E-state index in [2.05, 4.69) is 26.1 Å². The normalized spacial score (nSPS) is 17.2. The molecule has 0 spiro atoms. The second-order valence-corrected chi connectivity index (χ2v) is 7.65. The quantitative estimate of drug-likeness (QED) is 0.518. The number of hydrogen-bond acceptors (Lipinski definition) is 4. The number of nitrogens with zero attached hydrogens (tertiary/aromatic N) is 3. The zero-order valence-corrected chi connectivity index (χ0v) is 16.6. The average Bonchev–Trinajstić information content (AvgIpc) is 3.30. The first-order valence-corrected chi connectivity index (χ1v) is 9.66. The highest BCUT2D eigenvalue weighted by Crippen LogP contribution is 2.35. The fourth-order valence-electron chi connectivity index (χ4n) is 3.27. The average molecular weight is 466 g/mol. The van der Waals surface area contributed by atoms with Crippen LogP contribution in [0.5, 0.6) is 0 Å². The molecule has 1 atom stereocenters. The molecule has 2 aromatic carbocycles. The number of halogens is 4. The summed E-state index contributed by atoms with van der Waals surface area (Å²) in [5.41, 5.74) is 0.639. The Morgan fingerprint density at radius 2 is 1.79 bits per heavy atom. The molecular weight excluding hydrogens is 451 g/mol. The van der Waals surface area contributed by atoms with Gasteiger partial charge in [-0.2, -0.15) is 18.2 Å². The molecule has 2 heterocycles. The third-order valence-corrected chi connectivity index (χ3v) is 5.32. The molecule has 1 aliphatic heterocycles. The van der Waals surface area contributed by atoms with Crippen LogP contribution in [-0.4, -0.2) is 20.9 Å². The van der Waals surface area contributed by atoms with Crippen LogP contribution in [-0.2, 0) is 17.5 Å². The summed E-state index contributed by atoms with van der Waals surface area (Å²) in [6.07, 6.45) is -3.48. The van der Waals surface area contributed by atoms with Crippen molar-refractivity contribution >= 4 is 21.8 Å². The van der Waals surface area contributed by atoms with Crippen LogP contribution in [0.4, 0.5) is 13.2 Å².